The zero-order chi connectivity index (χ0) is 13.3. The number of amides is 1. The summed E-state index contributed by atoms with van der Waals surface area (Å²) in [5.41, 5.74) is 0.440. The van der Waals surface area contributed by atoms with Crippen LogP contribution in [0.15, 0.2) is 18.7 Å². The third-order valence-corrected chi connectivity index (χ3v) is 2.65. The smallest absolute Gasteiger partial charge is 0.241 e. The highest BCUT2D eigenvalue weighted by atomic mass is 35.5. The highest BCUT2D eigenvalue weighted by Crippen LogP contribution is 2.25. The van der Waals surface area contributed by atoms with Crippen molar-refractivity contribution in [1.82, 2.24) is 19.7 Å². The van der Waals surface area contributed by atoms with Crippen molar-refractivity contribution in [2.45, 2.75) is 6.92 Å². The molecule has 1 amide bonds. The molecule has 0 N–H and O–H groups in total. The van der Waals surface area contributed by atoms with Crippen LogP contribution in [0.5, 0.6) is 0 Å². The van der Waals surface area contributed by atoms with E-state index in [9.17, 15) is 9.18 Å². The summed E-state index contributed by atoms with van der Waals surface area (Å²) in [5, 5.41) is 4.01. The van der Waals surface area contributed by atoms with Gasteiger partial charge in [0.2, 0.25) is 11.9 Å². The van der Waals surface area contributed by atoms with Crippen molar-refractivity contribution in [1.29, 1.82) is 0 Å². The van der Waals surface area contributed by atoms with Crippen LogP contribution < -0.4 is 4.90 Å². The number of rotatable bonds is 2. The quantitative estimate of drug-likeness (QED) is 0.774. The van der Waals surface area contributed by atoms with Crippen LogP contribution in [0.1, 0.15) is 6.92 Å². The number of hydrogen-bond acceptors (Lipinski definition) is 4. The van der Waals surface area contributed by atoms with Crippen molar-refractivity contribution >= 4 is 23.2 Å². The first-order chi connectivity index (χ1) is 8.50. The summed E-state index contributed by atoms with van der Waals surface area (Å²) < 4.78 is 14.6. The van der Waals surface area contributed by atoms with Gasteiger partial charge < -0.3 is 4.90 Å². The maximum absolute atomic E-state index is 13.4. The predicted molar refractivity (Wildman–Crippen MR) is 63.2 cm³/mol. The van der Waals surface area contributed by atoms with Crippen LogP contribution in [0, 0.1) is 5.95 Å². The zero-order valence-corrected chi connectivity index (χ0v) is 10.4. The molecule has 2 aromatic rings. The van der Waals surface area contributed by atoms with Gasteiger partial charge in [0.15, 0.2) is 5.15 Å². The molecule has 8 heteroatoms. The normalized spacial score (nSPS) is 10.4. The number of carbonyl (C=O) groups excluding carboxylic acids is 1. The van der Waals surface area contributed by atoms with Crippen LogP contribution >= 0.6 is 11.6 Å². The number of aromatic nitrogens is 4. The van der Waals surface area contributed by atoms with E-state index >= 15 is 0 Å². The van der Waals surface area contributed by atoms with Gasteiger partial charge in [-0.1, -0.05) is 11.6 Å². The van der Waals surface area contributed by atoms with Crippen LogP contribution in [0.3, 0.4) is 0 Å². The maximum Gasteiger partial charge on any atom is 0.241 e. The number of anilines is 1. The fourth-order valence-corrected chi connectivity index (χ4v) is 1.58. The van der Waals surface area contributed by atoms with E-state index in [1.165, 1.54) is 28.9 Å². The van der Waals surface area contributed by atoms with Crippen molar-refractivity contribution in [3.63, 3.8) is 0 Å². The molecular formula is C10H9ClFN5O. The van der Waals surface area contributed by atoms with E-state index in [1.54, 1.807) is 7.05 Å². The number of hydrogen-bond donors (Lipinski definition) is 0. The van der Waals surface area contributed by atoms with E-state index in [-0.39, 0.29) is 16.7 Å². The van der Waals surface area contributed by atoms with Gasteiger partial charge in [-0.3, -0.25) is 4.79 Å². The van der Waals surface area contributed by atoms with E-state index in [0.717, 1.165) is 6.33 Å². The van der Waals surface area contributed by atoms with Crippen LogP contribution in [-0.2, 0) is 4.79 Å². The van der Waals surface area contributed by atoms with Gasteiger partial charge in [-0.2, -0.15) is 9.49 Å². The molecule has 0 saturated heterocycles. The number of halogens is 2. The molecule has 0 aliphatic rings. The first kappa shape index (κ1) is 12.4. The van der Waals surface area contributed by atoms with Crippen LogP contribution in [0.2, 0.25) is 5.15 Å². The van der Waals surface area contributed by atoms with Gasteiger partial charge in [-0.15, -0.1) is 0 Å². The van der Waals surface area contributed by atoms with Gasteiger partial charge in [-0.25, -0.2) is 14.6 Å². The van der Waals surface area contributed by atoms with Gasteiger partial charge in [0.25, 0.3) is 0 Å². The monoisotopic (exact) mass is 269 g/mol. The van der Waals surface area contributed by atoms with Crippen LogP contribution in [0.4, 0.5) is 10.1 Å². The van der Waals surface area contributed by atoms with Gasteiger partial charge in [-0.05, 0) is 0 Å². The summed E-state index contributed by atoms with van der Waals surface area (Å²) >= 11 is 5.90. The fraction of sp³-hybridized carbons (Fsp3) is 0.200. The Labute approximate surface area is 107 Å². The van der Waals surface area contributed by atoms with E-state index in [4.69, 9.17) is 11.6 Å². The Morgan fingerprint density at radius 3 is 2.89 bits per heavy atom. The third-order valence-electron chi connectivity index (χ3n) is 2.38. The molecule has 18 heavy (non-hydrogen) atoms. The lowest BCUT2D eigenvalue weighted by Crippen LogP contribution is -2.22. The lowest BCUT2D eigenvalue weighted by molar-refractivity contribution is -0.116. The average molecular weight is 270 g/mol. The van der Waals surface area contributed by atoms with Crippen molar-refractivity contribution in [3.05, 3.63) is 29.8 Å². The zero-order valence-electron chi connectivity index (χ0n) is 9.63. The minimum Gasteiger partial charge on any atom is -0.312 e. The molecule has 0 atom stereocenters. The molecule has 6 nitrogen and oxygen atoms in total. The summed E-state index contributed by atoms with van der Waals surface area (Å²) in [6.07, 6.45) is 3.79. The predicted octanol–water partition coefficient (Wildman–Crippen LogP) is 1.44. The second-order valence-electron chi connectivity index (χ2n) is 3.53. The molecule has 0 aliphatic heterocycles. The van der Waals surface area contributed by atoms with Gasteiger partial charge in [0.05, 0.1) is 12.4 Å². The Bertz CT molecular complexity index is 600. The fourth-order valence-electron chi connectivity index (χ4n) is 1.32. The topological polar surface area (TPSA) is 63.9 Å². The van der Waals surface area contributed by atoms with Crippen LogP contribution in [-0.4, -0.2) is 32.7 Å². The highest BCUT2D eigenvalue weighted by Gasteiger charge is 2.16. The Morgan fingerprint density at radius 1 is 1.56 bits per heavy atom. The Hall–Kier alpha value is -2.02. The maximum atomic E-state index is 13.4. The number of nitrogens with zero attached hydrogens (tertiary/aromatic N) is 5. The molecule has 0 aliphatic carbocycles. The SMILES string of the molecule is CC(=O)N(C)c1cn(-c2cncnc2F)nc1Cl. The lowest BCUT2D eigenvalue weighted by atomic mass is 10.4. The largest absolute Gasteiger partial charge is 0.312 e. The lowest BCUT2D eigenvalue weighted by Gasteiger charge is -2.11. The Kier molecular flexibility index (Phi) is 3.24. The average Bonchev–Trinajstić information content (AvgIpc) is 2.70. The first-order valence-electron chi connectivity index (χ1n) is 4.96. The Balaban J connectivity index is 2.47. The van der Waals surface area contributed by atoms with Crippen LogP contribution in [0.25, 0.3) is 5.69 Å². The molecule has 0 unspecified atom stereocenters. The van der Waals surface area contributed by atoms with E-state index in [1.807, 2.05) is 0 Å². The van der Waals surface area contributed by atoms with Gasteiger partial charge >= 0.3 is 0 Å². The molecule has 0 fully saturated rings. The number of carbonyl (C=O) groups is 1. The molecule has 2 aromatic heterocycles. The molecule has 2 heterocycles. The molecule has 0 spiro atoms. The van der Waals surface area contributed by atoms with Crippen molar-refractivity contribution in [2.24, 2.45) is 0 Å². The summed E-state index contributed by atoms with van der Waals surface area (Å²) in [4.78, 5) is 19.7. The van der Waals surface area contributed by atoms with Crippen molar-refractivity contribution < 1.29 is 9.18 Å². The molecule has 0 bridgehead atoms. The third kappa shape index (κ3) is 2.17. The highest BCUT2D eigenvalue weighted by molar-refractivity contribution is 6.32. The second-order valence-corrected chi connectivity index (χ2v) is 3.88. The molecule has 0 aromatic carbocycles. The summed E-state index contributed by atoms with van der Waals surface area (Å²) in [6.45, 7) is 1.39. The molecule has 94 valence electrons. The minimum atomic E-state index is -0.721. The molecule has 0 saturated carbocycles. The Morgan fingerprint density at radius 2 is 2.28 bits per heavy atom. The van der Waals surface area contributed by atoms with Gasteiger partial charge in [0.1, 0.15) is 17.7 Å². The van der Waals surface area contributed by atoms with E-state index in [2.05, 4.69) is 15.1 Å². The van der Waals surface area contributed by atoms with Crippen molar-refractivity contribution in [3.8, 4) is 5.69 Å². The molecule has 2 rings (SSSR count). The standard InChI is InChI=1S/C10H9ClFN5O/c1-6(18)16(2)8-4-17(15-9(8)11)7-3-13-5-14-10(7)12/h3-5H,1-2H3. The second kappa shape index (κ2) is 4.69. The van der Waals surface area contributed by atoms with Crippen molar-refractivity contribution in [2.75, 3.05) is 11.9 Å². The molecule has 0 radical (unpaired) electrons. The summed E-state index contributed by atoms with van der Waals surface area (Å²) in [6, 6.07) is 0. The van der Waals surface area contributed by atoms with E-state index in [0.29, 0.717) is 5.69 Å². The molecular weight excluding hydrogens is 261 g/mol. The summed E-state index contributed by atoms with van der Waals surface area (Å²) in [5.74, 6) is -0.928. The first-order valence-corrected chi connectivity index (χ1v) is 5.34. The van der Waals surface area contributed by atoms with Gasteiger partial charge in [0, 0.05) is 14.0 Å². The minimum absolute atomic E-state index is 0.0580. The van der Waals surface area contributed by atoms with E-state index < -0.39 is 5.95 Å². The summed E-state index contributed by atoms with van der Waals surface area (Å²) in [7, 11) is 1.55.